The molecule has 0 unspecified atom stereocenters. The highest BCUT2D eigenvalue weighted by molar-refractivity contribution is 6.34. The minimum atomic E-state index is 0.435. The van der Waals surface area contributed by atoms with E-state index >= 15 is 0 Å². The third-order valence-corrected chi connectivity index (χ3v) is 4.06. The number of hydrogen-bond donors (Lipinski definition) is 0. The lowest BCUT2D eigenvalue weighted by molar-refractivity contribution is 1.25. The molecule has 0 aliphatic rings. The molecule has 0 amide bonds. The van der Waals surface area contributed by atoms with Gasteiger partial charge in [-0.25, -0.2) is 4.98 Å². The molecule has 3 aromatic carbocycles. The molecular weight excluding hydrogens is 303 g/mol. The van der Waals surface area contributed by atoms with Crippen LogP contribution < -0.4 is 5.59 Å². The van der Waals surface area contributed by atoms with Crippen molar-refractivity contribution in [1.29, 1.82) is 0 Å². The molecule has 0 aliphatic heterocycles. The molecule has 25 heavy (non-hydrogen) atoms. The van der Waals surface area contributed by atoms with Gasteiger partial charge < -0.3 is 0 Å². The van der Waals surface area contributed by atoms with E-state index < -0.39 is 0 Å². The Kier molecular flexibility index (Phi) is 4.13. The van der Waals surface area contributed by atoms with Crippen molar-refractivity contribution in [3.8, 4) is 33.8 Å². The summed E-state index contributed by atoms with van der Waals surface area (Å²) in [4.78, 5) is 9.61. The van der Waals surface area contributed by atoms with Crippen LogP contribution in [0.2, 0.25) is 0 Å². The second-order valence-corrected chi connectivity index (χ2v) is 5.75. The maximum absolute atomic E-state index is 6.26. The van der Waals surface area contributed by atoms with E-state index in [1.165, 1.54) is 0 Å². The number of nitrogens with zero attached hydrogens (tertiary/aromatic N) is 2. The number of benzene rings is 3. The Bertz CT molecular complexity index is 984. The molecule has 1 heterocycles. The molecule has 2 radical (unpaired) electrons. The molecule has 4 rings (SSSR count). The van der Waals surface area contributed by atoms with Crippen LogP contribution in [0, 0.1) is 0 Å². The summed E-state index contributed by atoms with van der Waals surface area (Å²) in [5, 5.41) is 0. The van der Waals surface area contributed by atoms with Crippen LogP contribution in [0.25, 0.3) is 33.8 Å². The lowest BCUT2D eigenvalue weighted by atomic mass is 9.94. The van der Waals surface area contributed by atoms with Crippen LogP contribution in [0.5, 0.6) is 0 Å². The third-order valence-electron chi connectivity index (χ3n) is 4.06. The van der Waals surface area contributed by atoms with Gasteiger partial charge in [-0.05, 0) is 0 Å². The van der Waals surface area contributed by atoms with E-state index in [0.717, 1.165) is 28.1 Å². The molecule has 0 saturated carbocycles. The Labute approximate surface area is 148 Å². The number of hydrogen-bond acceptors (Lipinski definition) is 2. The predicted molar refractivity (Wildman–Crippen MR) is 104 cm³/mol. The Morgan fingerprint density at radius 1 is 0.440 bits per heavy atom. The van der Waals surface area contributed by atoms with Gasteiger partial charge in [0.1, 0.15) is 7.85 Å². The van der Waals surface area contributed by atoms with Gasteiger partial charge in [-0.1, -0.05) is 91.0 Å². The number of aromatic nitrogens is 2. The first-order valence-corrected chi connectivity index (χ1v) is 8.17. The fraction of sp³-hybridized carbons (Fsp3) is 0. The zero-order chi connectivity index (χ0) is 17.1. The Morgan fingerprint density at radius 3 is 1.24 bits per heavy atom. The molecule has 2 nitrogen and oxygen atoms in total. The van der Waals surface area contributed by atoms with E-state index in [2.05, 4.69) is 0 Å². The van der Waals surface area contributed by atoms with Gasteiger partial charge in [0.2, 0.25) is 0 Å². The summed E-state index contributed by atoms with van der Waals surface area (Å²) in [5.74, 6) is 0. The fourth-order valence-corrected chi connectivity index (χ4v) is 2.85. The average molecular weight is 318 g/mol. The van der Waals surface area contributed by atoms with E-state index in [1.807, 2.05) is 91.0 Å². The highest BCUT2D eigenvalue weighted by Gasteiger charge is 2.15. The van der Waals surface area contributed by atoms with Crippen molar-refractivity contribution in [2.45, 2.75) is 0 Å². The quantitative estimate of drug-likeness (QED) is 0.527. The van der Waals surface area contributed by atoms with Crippen LogP contribution in [0.1, 0.15) is 0 Å². The zero-order valence-corrected chi connectivity index (χ0v) is 13.6. The molecule has 0 N–H and O–H groups in total. The van der Waals surface area contributed by atoms with Crippen LogP contribution in [0.3, 0.4) is 0 Å². The standard InChI is InChI=1S/C22H15BN2/c23-22-21(18-14-8-3-9-15-18)24-19(16-10-4-1-5-11-16)20(25-22)17-12-6-2-7-13-17/h1-15H. The lowest BCUT2D eigenvalue weighted by Gasteiger charge is -2.14. The SMILES string of the molecule is [B]c1nc(-c2ccccc2)c(-c2ccccc2)nc1-c1ccccc1. The highest BCUT2D eigenvalue weighted by Crippen LogP contribution is 2.29. The van der Waals surface area contributed by atoms with Crippen LogP contribution in [0.4, 0.5) is 0 Å². The van der Waals surface area contributed by atoms with Crippen molar-refractivity contribution in [2.75, 3.05) is 0 Å². The molecule has 0 bridgehead atoms. The molecule has 4 aromatic rings. The molecular formula is C22H15BN2. The summed E-state index contributed by atoms with van der Waals surface area (Å²) < 4.78 is 0. The molecule has 0 atom stereocenters. The molecule has 0 fully saturated rings. The number of rotatable bonds is 3. The summed E-state index contributed by atoms with van der Waals surface area (Å²) >= 11 is 0. The third kappa shape index (κ3) is 3.09. The summed E-state index contributed by atoms with van der Waals surface area (Å²) in [7, 11) is 6.26. The average Bonchev–Trinajstić information content (AvgIpc) is 2.70. The summed E-state index contributed by atoms with van der Waals surface area (Å²) in [6.07, 6.45) is 0. The van der Waals surface area contributed by atoms with Crippen LogP contribution in [-0.4, -0.2) is 17.8 Å². The van der Waals surface area contributed by atoms with Crippen molar-refractivity contribution in [1.82, 2.24) is 9.97 Å². The first-order valence-electron chi connectivity index (χ1n) is 8.17. The molecule has 0 saturated heterocycles. The Hall–Kier alpha value is -3.20. The largest absolute Gasteiger partial charge is 0.260 e. The molecule has 116 valence electrons. The van der Waals surface area contributed by atoms with Gasteiger partial charge in [0.25, 0.3) is 0 Å². The maximum Gasteiger partial charge on any atom is 0.144 e. The second-order valence-electron chi connectivity index (χ2n) is 5.75. The second kappa shape index (κ2) is 6.74. The summed E-state index contributed by atoms with van der Waals surface area (Å²) in [5.41, 5.74) is 5.75. The van der Waals surface area contributed by atoms with E-state index in [4.69, 9.17) is 17.8 Å². The van der Waals surface area contributed by atoms with Crippen LogP contribution in [0.15, 0.2) is 91.0 Å². The van der Waals surface area contributed by atoms with Crippen molar-refractivity contribution in [3.05, 3.63) is 91.0 Å². The zero-order valence-electron chi connectivity index (χ0n) is 13.6. The Balaban J connectivity index is 1.98. The van der Waals surface area contributed by atoms with Crippen molar-refractivity contribution >= 4 is 13.4 Å². The first-order chi connectivity index (χ1) is 12.3. The molecule has 0 spiro atoms. The maximum atomic E-state index is 6.26. The molecule has 0 aliphatic carbocycles. The lowest BCUT2D eigenvalue weighted by Crippen LogP contribution is -2.16. The van der Waals surface area contributed by atoms with Crippen LogP contribution in [-0.2, 0) is 0 Å². The minimum absolute atomic E-state index is 0.435. The van der Waals surface area contributed by atoms with Gasteiger partial charge in [0.15, 0.2) is 0 Å². The van der Waals surface area contributed by atoms with Gasteiger partial charge in [-0.2, -0.15) is 0 Å². The van der Waals surface area contributed by atoms with Crippen molar-refractivity contribution in [2.24, 2.45) is 0 Å². The normalized spacial score (nSPS) is 10.6. The fourth-order valence-electron chi connectivity index (χ4n) is 2.85. The monoisotopic (exact) mass is 318 g/mol. The van der Waals surface area contributed by atoms with Crippen molar-refractivity contribution in [3.63, 3.8) is 0 Å². The summed E-state index contributed by atoms with van der Waals surface area (Å²) in [6.45, 7) is 0. The van der Waals surface area contributed by atoms with Gasteiger partial charge in [-0.15, -0.1) is 0 Å². The van der Waals surface area contributed by atoms with Gasteiger partial charge >= 0.3 is 0 Å². The smallest absolute Gasteiger partial charge is 0.144 e. The van der Waals surface area contributed by atoms with Gasteiger partial charge in [-0.3, -0.25) is 4.98 Å². The van der Waals surface area contributed by atoms with Crippen molar-refractivity contribution < 1.29 is 0 Å². The summed E-state index contributed by atoms with van der Waals surface area (Å²) in [6, 6.07) is 30.0. The topological polar surface area (TPSA) is 25.8 Å². The predicted octanol–water partition coefficient (Wildman–Crippen LogP) is 4.27. The van der Waals surface area contributed by atoms with E-state index in [-0.39, 0.29) is 0 Å². The minimum Gasteiger partial charge on any atom is -0.260 e. The van der Waals surface area contributed by atoms with E-state index in [9.17, 15) is 0 Å². The highest BCUT2D eigenvalue weighted by atomic mass is 14.8. The van der Waals surface area contributed by atoms with Crippen LogP contribution >= 0.6 is 0 Å². The van der Waals surface area contributed by atoms with Gasteiger partial charge in [0.05, 0.1) is 17.1 Å². The van der Waals surface area contributed by atoms with Gasteiger partial charge in [0, 0.05) is 22.3 Å². The molecule has 1 aromatic heterocycles. The first kappa shape index (κ1) is 15.3. The van der Waals surface area contributed by atoms with E-state index in [1.54, 1.807) is 0 Å². The van der Waals surface area contributed by atoms with E-state index in [0.29, 0.717) is 11.3 Å². The Morgan fingerprint density at radius 2 is 0.800 bits per heavy atom. The molecule has 3 heteroatoms.